The van der Waals surface area contributed by atoms with Crippen LogP contribution in [0.15, 0.2) is 18.2 Å². The number of phenols is 1. The van der Waals surface area contributed by atoms with Gasteiger partial charge in [0.2, 0.25) is 0 Å². The molecule has 110 valence electrons. The summed E-state index contributed by atoms with van der Waals surface area (Å²) >= 11 is 0. The first kappa shape index (κ1) is 14.8. The maximum absolute atomic E-state index is 11.9. The lowest BCUT2D eigenvalue weighted by molar-refractivity contribution is 0.0951. The molecule has 5 nitrogen and oxygen atoms in total. The topological polar surface area (TPSA) is 64.6 Å². The van der Waals surface area contributed by atoms with Crippen LogP contribution in [-0.4, -0.2) is 55.2 Å². The number of carbonyl (C=O) groups is 1. The normalized spacial score (nSPS) is 16.1. The number of hydrogen-bond donors (Lipinski definition) is 3. The Morgan fingerprint density at radius 2 is 2.15 bits per heavy atom. The van der Waals surface area contributed by atoms with Crippen molar-refractivity contribution in [2.75, 3.05) is 39.3 Å². The number of hydrogen-bond acceptors (Lipinski definition) is 4. The van der Waals surface area contributed by atoms with Crippen molar-refractivity contribution in [1.29, 1.82) is 0 Å². The van der Waals surface area contributed by atoms with Gasteiger partial charge in [0.1, 0.15) is 5.75 Å². The number of nitrogens with zero attached hydrogens (tertiary/aromatic N) is 1. The second kappa shape index (κ2) is 7.26. The van der Waals surface area contributed by atoms with E-state index in [1.807, 2.05) is 0 Å². The van der Waals surface area contributed by atoms with Crippen molar-refractivity contribution < 1.29 is 9.90 Å². The van der Waals surface area contributed by atoms with Crippen molar-refractivity contribution in [3.8, 4) is 5.75 Å². The summed E-state index contributed by atoms with van der Waals surface area (Å²) in [4.78, 5) is 14.4. The average Bonchev–Trinajstić information content (AvgIpc) is 2.47. The highest BCUT2D eigenvalue weighted by Gasteiger charge is 2.10. The third-order valence-electron chi connectivity index (χ3n) is 3.61. The molecular weight excluding hydrogens is 254 g/mol. The molecule has 1 aromatic rings. The smallest absolute Gasteiger partial charge is 0.251 e. The van der Waals surface area contributed by atoms with Crippen LogP contribution in [0.2, 0.25) is 0 Å². The van der Waals surface area contributed by atoms with Crippen molar-refractivity contribution in [3.63, 3.8) is 0 Å². The first-order valence-corrected chi connectivity index (χ1v) is 7.18. The van der Waals surface area contributed by atoms with Gasteiger partial charge >= 0.3 is 0 Å². The van der Waals surface area contributed by atoms with Gasteiger partial charge in [-0.1, -0.05) is 0 Å². The number of aromatic hydroxyl groups is 1. The van der Waals surface area contributed by atoms with E-state index in [1.165, 1.54) is 0 Å². The molecule has 0 bridgehead atoms. The number of benzene rings is 1. The predicted molar refractivity (Wildman–Crippen MR) is 79.1 cm³/mol. The zero-order valence-electron chi connectivity index (χ0n) is 12.0. The van der Waals surface area contributed by atoms with Gasteiger partial charge in [0.05, 0.1) is 0 Å². The number of rotatable bonds is 5. The number of phenolic OH excluding ortho intramolecular Hbond substituents is 1. The number of carbonyl (C=O) groups excluding carboxylic acids is 1. The number of amides is 1. The van der Waals surface area contributed by atoms with E-state index in [-0.39, 0.29) is 11.7 Å². The fourth-order valence-corrected chi connectivity index (χ4v) is 2.34. The molecule has 1 saturated heterocycles. The Morgan fingerprint density at radius 3 is 2.85 bits per heavy atom. The quantitative estimate of drug-likeness (QED) is 0.694. The van der Waals surface area contributed by atoms with Crippen molar-refractivity contribution in [3.05, 3.63) is 29.3 Å². The second-order valence-electron chi connectivity index (χ2n) is 5.20. The van der Waals surface area contributed by atoms with Crippen molar-refractivity contribution in [2.24, 2.45) is 0 Å². The fraction of sp³-hybridized carbons (Fsp3) is 0.533. The van der Waals surface area contributed by atoms with E-state index in [0.29, 0.717) is 12.1 Å². The number of nitrogens with one attached hydrogen (secondary N) is 2. The summed E-state index contributed by atoms with van der Waals surface area (Å²) in [5.41, 5.74) is 1.32. The van der Waals surface area contributed by atoms with Crippen LogP contribution in [0, 0.1) is 6.92 Å². The van der Waals surface area contributed by atoms with Crippen LogP contribution in [0.5, 0.6) is 5.75 Å². The minimum Gasteiger partial charge on any atom is -0.508 e. The van der Waals surface area contributed by atoms with Crippen LogP contribution < -0.4 is 10.6 Å². The summed E-state index contributed by atoms with van der Waals surface area (Å²) in [6, 6.07) is 4.92. The van der Waals surface area contributed by atoms with Gasteiger partial charge in [0.15, 0.2) is 0 Å². The molecule has 5 heteroatoms. The standard InChI is InChI=1S/C15H23N3O2/c1-12-11-13(3-4-14(12)19)15(20)17-5-2-8-18-9-6-16-7-10-18/h3-4,11,16,19H,2,5-10H2,1H3,(H,17,20). The molecule has 1 aromatic carbocycles. The predicted octanol–water partition coefficient (Wildman–Crippen LogP) is 0.726. The summed E-state index contributed by atoms with van der Waals surface area (Å²) in [5.74, 6) is 0.147. The molecule has 0 radical (unpaired) electrons. The molecule has 0 saturated carbocycles. The molecule has 0 aliphatic carbocycles. The monoisotopic (exact) mass is 277 g/mol. The zero-order chi connectivity index (χ0) is 14.4. The lowest BCUT2D eigenvalue weighted by Gasteiger charge is -2.27. The number of piperazine rings is 1. The Labute approximate surface area is 120 Å². The molecule has 0 spiro atoms. The van der Waals surface area contributed by atoms with E-state index in [9.17, 15) is 9.90 Å². The first-order valence-electron chi connectivity index (χ1n) is 7.18. The lowest BCUT2D eigenvalue weighted by Crippen LogP contribution is -2.44. The van der Waals surface area contributed by atoms with E-state index in [4.69, 9.17) is 0 Å². The van der Waals surface area contributed by atoms with Crippen LogP contribution in [0.25, 0.3) is 0 Å². The van der Waals surface area contributed by atoms with Crippen LogP contribution in [0.3, 0.4) is 0 Å². The molecule has 1 amide bonds. The third kappa shape index (κ3) is 4.21. The van der Waals surface area contributed by atoms with Crippen LogP contribution in [0.1, 0.15) is 22.3 Å². The van der Waals surface area contributed by atoms with Crippen LogP contribution in [0.4, 0.5) is 0 Å². The Balaban J connectivity index is 1.70. The average molecular weight is 277 g/mol. The fourth-order valence-electron chi connectivity index (χ4n) is 2.34. The Hall–Kier alpha value is -1.59. The highest BCUT2D eigenvalue weighted by molar-refractivity contribution is 5.94. The van der Waals surface area contributed by atoms with Gasteiger partial charge in [-0.3, -0.25) is 4.79 Å². The van der Waals surface area contributed by atoms with Crippen molar-refractivity contribution in [1.82, 2.24) is 15.5 Å². The van der Waals surface area contributed by atoms with E-state index in [1.54, 1.807) is 25.1 Å². The van der Waals surface area contributed by atoms with Gasteiger partial charge in [0, 0.05) is 38.3 Å². The van der Waals surface area contributed by atoms with Gasteiger partial charge in [-0.25, -0.2) is 0 Å². The largest absolute Gasteiger partial charge is 0.508 e. The summed E-state index contributed by atoms with van der Waals surface area (Å²) < 4.78 is 0. The summed E-state index contributed by atoms with van der Waals surface area (Å²) in [6.45, 7) is 7.78. The Bertz CT molecular complexity index is 456. The molecule has 0 unspecified atom stereocenters. The first-order chi connectivity index (χ1) is 9.66. The molecule has 3 N–H and O–H groups in total. The molecule has 0 aromatic heterocycles. The Morgan fingerprint density at radius 1 is 1.40 bits per heavy atom. The van der Waals surface area contributed by atoms with Crippen molar-refractivity contribution >= 4 is 5.91 Å². The Kier molecular flexibility index (Phi) is 5.38. The lowest BCUT2D eigenvalue weighted by atomic mass is 10.1. The highest BCUT2D eigenvalue weighted by Crippen LogP contribution is 2.16. The van der Waals surface area contributed by atoms with Gasteiger partial charge in [-0.2, -0.15) is 0 Å². The van der Waals surface area contributed by atoms with E-state index >= 15 is 0 Å². The number of aryl methyl sites for hydroxylation is 1. The van der Waals surface area contributed by atoms with Gasteiger partial charge in [-0.15, -0.1) is 0 Å². The maximum atomic E-state index is 11.9. The molecule has 1 aliphatic heterocycles. The van der Waals surface area contributed by atoms with Gasteiger partial charge in [-0.05, 0) is 43.7 Å². The molecule has 1 heterocycles. The summed E-state index contributed by atoms with van der Waals surface area (Å²) in [5, 5.41) is 15.7. The second-order valence-corrected chi connectivity index (χ2v) is 5.20. The van der Waals surface area contributed by atoms with Gasteiger partial charge in [0.25, 0.3) is 5.91 Å². The van der Waals surface area contributed by atoms with Crippen molar-refractivity contribution in [2.45, 2.75) is 13.3 Å². The van der Waals surface area contributed by atoms with Gasteiger partial charge < -0.3 is 20.6 Å². The van der Waals surface area contributed by atoms with E-state index < -0.39 is 0 Å². The summed E-state index contributed by atoms with van der Waals surface area (Å²) in [6.07, 6.45) is 0.961. The maximum Gasteiger partial charge on any atom is 0.251 e. The third-order valence-corrected chi connectivity index (χ3v) is 3.61. The minimum absolute atomic E-state index is 0.0755. The minimum atomic E-state index is -0.0755. The zero-order valence-corrected chi connectivity index (χ0v) is 12.0. The molecule has 0 atom stereocenters. The summed E-state index contributed by atoms with van der Waals surface area (Å²) in [7, 11) is 0. The van der Waals surface area contributed by atoms with Crippen LogP contribution >= 0.6 is 0 Å². The molecular formula is C15H23N3O2. The SMILES string of the molecule is Cc1cc(C(=O)NCCCN2CCNCC2)ccc1O. The molecule has 20 heavy (non-hydrogen) atoms. The van der Waals surface area contributed by atoms with E-state index in [0.717, 1.165) is 44.7 Å². The molecule has 2 rings (SSSR count). The molecule has 1 fully saturated rings. The van der Waals surface area contributed by atoms with Crippen LogP contribution in [-0.2, 0) is 0 Å². The van der Waals surface area contributed by atoms with E-state index in [2.05, 4.69) is 15.5 Å². The molecule has 1 aliphatic rings. The highest BCUT2D eigenvalue weighted by atomic mass is 16.3.